The highest BCUT2D eigenvalue weighted by Gasteiger charge is 2.13. The molecule has 0 amide bonds. The number of rotatable bonds is 7. The van der Waals surface area contributed by atoms with Gasteiger partial charge in [-0.05, 0) is 47.5 Å². The number of methoxy groups -OCH3 is 1. The monoisotopic (exact) mass is 402 g/mol. The summed E-state index contributed by atoms with van der Waals surface area (Å²) in [6.07, 6.45) is 3.57. The molecule has 4 rings (SSSR count). The van der Waals surface area contributed by atoms with Crippen LogP contribution in [0.15, 0.2) is 71.5 Å². The molecule has 0 saturated heterocycles. The number of para-hydroxylation sites is 1. The minimum Gasteiger partial charge on any atom is -0.489 e. The molecule has 0 aliphatic rings. The Morgan fingerprint density at radius 3 is 2.80 bits per heavy atom. The second-order valence-electron chi connectivity index (χ2n) is 6.89. The van der Waals surface area contributed by atoms with E-state index < -0.39 is 0 Å². The summed E-state index contributed by atoms with van der Waals surface area (Å²) in [5.74, 6) is 0.346. The Kier molecular flexibility index (Phi) is 5.77. The van der Waals surface area contributed by atoms with Gasteiger partial charge in [-0.25, -0.2) is 0 Å². The minimum absolute atomic E-state index is 0.161. The van der Waals surface area contributed by atoms with Crippen molar-refractivity contribution in [2.45, 2.75) is 19.6 Å². The molecule has 2 aromatic heterocycles. The predicted octanol–water partition coefficient (Wildman–Crippen LogP) is 4.25. The Hall–Kier alpha value is -3.64. The van der Waals surface area contributed by atoms with E-state index in [-0.39, 0.29) is 12.4 Å². The Balaban J connectivity index is 1.64. The van der Waals surface area contributed by atoms with E-state index >= 15 is 0 Å². The van der Waals surface area contributed by atoms with Gasteiger partial charge in [0.15, 0.2) is 0 Å². The first-order valence-electron chi connectivity index (χ1n) is 9.61. The third-order valence-corrected chi connectivity index (χ3v) is 4.88. The molecule has 0 radical (unpaired) electrons. The van der Waals surface area contributed by atoms with E-state index in [0.717, 1.165) is 38.9 Å². The van der Waals surface area contributed by atoms with E-state index in [1.165, 1.54) is 7.11 Å². The Morgan fingerprint density at radius 1 is 1.10 bits per heavy atom. The summed E-state index contributed by atoms with van der Waals surface area (Å²) in [6, 6.07) is 17.3. The topological polar surface area (TPSA) is 87.6 Å². The van der Waals surface area contributed by atoms with Crippen LogP contribution >= 0.6 is 0 Å². The molecule has 2 aromatic carbocycles. The zero-order chi connectivity index (χ0) is 20.9. The molecular formula is C24H22N2O4. The first kappa shape index (κ1) is 19.7. The Labute approximate surface area is 174 Å². The number of hydrogen-bond donors (Lipinski definition) is 1. The molecule has 4 aromatic rings. The summed E-state index contributed by atoms with van der Waals surface area (Å²) in [5.41, 5.74) is 11.0. The Morgan fingerprint density at radius 2 is 1.97 bits per heavy atom. The van der Waals surface area contributed by atoms with E-state index in [2.05, 4.69) is 4.98 Å². The number of benzene rings is 2. The molecule has 6 nitrogen and oxygen atoms in total. The maximum Gasteiger partial charge on any atom is 0.310 e. The second kappa shape index (κ2) is 8.80. The van der Waals surface area contributed by atoms with Gasteiger partial charge in [-0.3, -0.25) is 9.78 Å². The number of hydrogen-bond acceptors (Lipinski definition) is 6. The summed E-state index contributed by atoms with van der Waals surface area (Å²) < 4.78 is 16.5. The molecule has 152 valence electrons. The van der Waals surface area contributed by atoms with Gasteiger partial charge in [0.05, 0.1) is 25.5 Å². The van der Waals surface area contributed by atoms with Gasteiger partial charge in [0, 0.05) is 29.3 Å². The quantitative estimate of drug-likeness (QED) is 0.465. The fraction of sp³-hybridized carbons (Fsp3) is 0.167. The summed E-state index contributed by atoms with van der Waals surface area (Å²) in [7, 11) is 1.38. The lowest BCUT2D eigenvalue weighted by atomic mass is 10.0. The normalized spacial score (nSPS) is 10.9. The first-order chi connectivity index (χ1) is 14.7. The molecule has 0 aliphatic carbocycles. The van der Waals surface area contributed by atoms with Gasteiger partial charge in [-0.2, -0.15) is 0 Å². The third kappa shape index (κ3) is 4.18. The number of nitrogens with two attached hydrogens (primary N) is 1. The van der Waals surface area contributed by atoms with E-state index in [1.807, 2.05) is 54.6 Å². The molecule has 30 heavy (non-hydrogen) atoms. The molecule has 0 aliphatic heterocycles. The van der Waals surface area contributed by atoms with Crippen molar-refractivity contribution in [1.82, 2.24) is 4.98 Å². The fourth-order valence-corrected chi connectivity index (χ4v) is 3.35. The van der Waals surface area contributed by atoms with Crippen LogP contribution in [0.3, 0.4) is 0 Å². The highest BCUT2D eigenvalue weighted by Crippen LogP contribution is 2.31. The summed E-state index contributed by atoms with van der Waals surface area (Å²) in [6.45, 7) is 0.777. The van der Waals surface area contributed by atoms with Crippen LogP contribution in [0.5, 0.6) is 5.75 Å². The minimum atomic E-state index is -0.306. The molecule has 0 fully saturated rings. The number of fused-ring (bicyclic) bond motifs is 1. The van der Waals surface area contributed by atoms with Gasteiger partial charge in [0.1, 0.15) is 17.9 Å². The highest BCUT2D eigenvalue weighted by atomic mass is 16.5. The third-order valence-electron chi connectivity index (χ3n) is 4.88. The van der Waals surface area contributed by atoms with Crippen LogP contribution in [0.25, 0.3) is 22.2 Å². The van der Waals surface area contributed by atoms with Crippen molar-refractivity contribution < 1.29 is 18.7 Å². The van der Waals surface area contributed by atoms with Gasteiger partial charge in [-0.1, -0.05) is 18.2 Å². The molecule has 2 heterocycles. The molecule has 2 N–H and O–H groups in total. The van der Waals surface area contributed by atoms with E-state index in [0.29, 0.717) is 18.9 Å². The number of esters is 1. The van der Waals surface area contributed by atoms with E-state index in [9.17, 15) is 4.79 Å². The van der Waals surface area contributed by atoms with Crippen LogP contribution in [0.1, 0.15) is 16.7 Å². The van der Waals surface area contributed by atoms with Gasteiger partial charge in [0.25, 0.3) is 0 Å². The molecular weight excluding hydrogens is 380 g/mol. The number of pyridine rings is 1. The van der Waals surface area contributed by atoms with E-state index in [4.69, 9.17) is 19.6 Å². The maximum absolute atomic E-state index is 11.7. The number of carbonyl (C=O) groups is 1. The van der Waals surface area contributed by atoms with Crippen molar-refractivity contribution in [1.29, 1.82) is 0 Å². The molecule has 0 unspecified atom stereocenters. The number of ether oxygens (including phenoxy) is 2. The summed E-state index contributed by atoms with van der Waals surface area (Å²) in [5, 5.41) is 0.967. The van der Waals surface area contributed by atoms with Crippen LogP contribution in [-0.2, 0) is 29.1 Å². The van der Waals surface area contributed by atoms with Crippen LogP contribution in [0.2, 0.25) is 0 Å². The SMILES string of the molecule is COC(=O)Cc1ccccc1OCc1cc(-c2cc(CN)ccn2)c2occc2c1. The number of carbonyl (C=O) groups excluding carboxylic acids is 1. The van der Waals surface area contributed by atoms with Crippen LogP contribution < -0.4 is 10.5 Å². The van der Waals surface area contributed by atoms with Crippen molar-refractivity contribution >= 4 is 16.9 Å². The van der Waals surface area contributed by atoms with Crippen molar-refractivity contribution in [2.75, 3.05) is 7.11 Å². The first-order valence-corrected chi connectivity index (χ1v) is 9.61. The fourth-order valence-electron chi connectivity index (χ4n) is 3.35. The van der Waals surface area contributed by atoms with Gasteiger partial charge in [0.2, 0.25) is 0 Å². The smallest absolute Gasteiger partial charge is 0.310 e. The highest BCUT2D eigenvalue weighted by molar-refractivity contribution is 5.92. The van der Waals surface area contributed by atoms with Crippen LogP contribution in [-0.4, -0.2) is 18.1 Å². The van der Waals surface area contributed by atoms with Crippen molar-refractivity contribution in [3.63, 3.8) is 0 Å². The number of furan rings is 1. The molecule has 0 spiro atoms. The lowest BCUT2D eigenvalue weighted by Gasteiger charge is -2.12. The van der Waals surface area contributed by atoms with Gasteiger partial charge < -0.3 is 19.6 Å². The van der Waals surface area contributed by atoms with Crippen molar-refractivity contribution in [2.24, 2.45) is 5.73 Å². The molecule has 0 saturated carbocycles. The number of aromatic nitrogens is 1. The lowest BCUT2D eigenvalue weighted by Crippen LogP contribution is -2.07. The summed E-state index contributed by atoms with van der Waals surface area (Å²) in [4.78, 5) is 16.2. The zero-order valence-electron chi connectivity index (χ0n) is 16.6. The van der Waals surface area contributed by atoms with Gasteiger partial charge in [-0.15, -0.1) is 0 Å². The lowest BCUT2D eigenvalue weighted by molar-refractivity contribution is -0.139. The van der Waals surface area contributed by atoms with Gasteiger partial charge >= 0.3 is 5.97 Å². The van der Waals surface area contributed by atoms with Crippen molar-refractivity contribution in [3.05, 3.63) is 83.7 Å². The predicted molar refractivity (Wildman–Crippen MR) is 114 cm³/mol. The van der Waals surface area contributed by atoms with E-state index in [1.54, 1.807) is 12.5 Å². The molecule has 6 heteroatoms. The zero-order valence-corrected chi connectivity index (χ0v) is 16.6. The largest absolute Gasteiger partial charge is 0.489 e. The standard InChI is InChI=1S/C24H22N2O4/c1-28-23(27)13-18-4-2-3-5-22(18)30-15-17-10-19-7-9-29-24(19)20(11-17)21-12-16(14-25)6-8-26-21/h2-12H,13-15,25H2,1H3. The molecule has 0 bridgehead atoms. The second-order valence-corrected chi connectivity index (χ2v) is 6.89. The summed E-state index contributed by atoms with van der Waals surface area (Å²) >= 11 is 0. The van der Waals surface area contributed by atoms with Crippen LogP contribution in [0.4, 0.5) is 0 Å². The maximum atomic E-state index is 11.7. The van der Waals surface area contributed by atoms with Crippen LogP contribution in [0, 0.1) is 0 Å². The number of nitrogens with zero attached hydrogens (tertiary/aromatic N) is 1. The van der Waals surface area contributed by atoms with Crippen molar-refractivity contribution in [3.8, 4) is 17.0 Å². The average molecular weight is 402 g/mol. The Bertz CT molecular complexity index is 1180. The average Bonchev–Trinajstić information content (AvgIpc) is 3.26. The molecule has 0 atom stereocenters.